The Kier molecular flexibility index (Phi) is 15.9. The molecular weight excluding hydrogens is 827 g/mol. The molecule has 4 aliphatic rings. The molecule has 2 unspecified atom stereocenters. The zero-order valence-electron chi connectivity index (χ0n) is 37.2. The summed E-state index contributed by atoms with van der Waals surface area (Å²) in [6.45, 7) is 9.01. The molecule has 20 nitrogen and oxygen atoms in total. The van der Waals surface area contributed by atoms with Gasteiger partial charge in [-0.1, -0.05) is 63.6 Å². The van der Waals surface area contributed by atoms with Crippen LogP contribution in [0.4, 0.5) is 0 Å². The van der Waals surface area contributed by atoms with E-state index in [2.05, 4.69) is 59.5 Å². The molecule has 2 aromatic carbocycles. The summed E-state index contributed by atoms with van der Waals surface area (Å²) in [6.07, 6.45) is -0.822. The number of rotatable bonds is 20. The van der Waals surface area contributed by atoms with Crippen LogP contribution in [0.1, 0.15) is 82.6 Å². The molecule has 21 heteroatoms. The summed E-state index contributed by atoms with van der Waals surface area (Å²) in [5.74, 6) is -5.77. The second kappa shape index (κ2) is 20.6. The molecule has 0 aromatic heterocycles. The number of primary amides is 1. The van der Waals surface area contributed by atoms with Crippen molar-refractivity contribution in [2.24, 2.45) is 40.2 Å². The maximum Gasteiger partial charge on any atom is 0.497 e. The van der Waals surface area contributed by atoms with Crippen molar-refractivity contribution in [1.29, 1.82) is 0 Å². The van der Waals surface area contributed by atoms with Crippen LogP contribution in [0.5, 0.6) is 0 Å². The van der Waals surface area contributed by atoms with Crippen molar-refractivity contribution in [3.63, 3.8) is 0 Å². The lowest BCUT2D eigenvalue weighted by molar-refractivity contribution is -0.199. The molecular formula is C43H63BN10O10. The van der Waals surface area contributed by atoms with Gasteiger partial charge in [-0.05, 0) is 85.6 Å². The van der Waals surface area contributed by atoms with Crippen molar-refractivity contribution in [2.75, 3.05) is 13.6 Å². The van der Waals surface area contributed by atoms with Crippen LogP contribution in [0.2, 0.25) is 0 Å². The van der Waals surface area contributed by atoms with Crippen molar-refractivity contribution in [2.45, 2.75) is 121 Å². The molecule has 7 amide bonds. The minimum absolute atomic E-state index is 0.0629. The van der Waals surface area contributed by atoms with E-state index in [0.29, 0.717) is 5.92 Å². The number of nitrogens with one attached hydrogen (secondary N) is 5. The summed E-state index contributed by atoms with van der Waals surface area (Å²) < 4.78 is 12.4. The lowest BCUT2D eigenvalue weighted by Gasteiger charge is -2.64. The molecule has 1 aliphatic heterocycles. The maximum absolute atomic E-state index is 13.3. The van der Waals surface area contributed by atoms with E-state index in [1.54, 1.807) is 24.3 Å². The smallest absolute Gasteiger partial charge is 0.403 e. The molecule has 6 rings (SSSR count). The number of carbonyl (C=O) groups excluding carboxylic acids is 7. The number of aliphatic hydroxyl groups excluding tert-OH is 1. The Balaban J connectivity index is 1.08. The van der Waals surface area contributed by atoms with Crippen LogP contribution in [0.25, 0.3) is 11.1 Å². The molecule has 64 heavy (non-hydrogen) atoms. The molecule has 0 spiro atoms. The number of hydrogen-bond donors (Lipinski definition) is 10. The normalized spacial score (nSPS) is 23.3. The molecule has 0 radical (unpaired) electrons. The van der Waals surface area contributed by atoms with Gasteiger partial charge in [0.1, 0.15) is 18.1 Å². The predicted molar refractivity (Wildman–Crippen MR) is 235 cm³/mol. The van der Waals surface area contributed by atoms with E-state index in [1.807, 2.05) is 19.1 Å². The van der Waals surface area contributed by atoms with Gasteiger partial charge < -0.3 is 68.8 Å². The fourth-order valence-corrected chi connectivity index (χ4v) is 8.98. The number of benzene rings is 2. The summed E-state index contributed by atoms with van der Waals surface area (Å²) in [7, 11) is 0.151. The highest BCUT2D eigenvalue weighted by Gasteiger charge is 2.68. The SMILES string of the molecule is CCCCc1ccc(-c2ccc(C(=O)N[C@H](N)C(=O)NCC(=O)N(C)[C@H](C(=O)N[C@@H](N)C(=O)N[C@@H](CC(N)=O)C(=O)N[C@@H](N)B3OC4C[C@@H]5C[C@@H](C5(C)C)[C@]4(C)O3)C(C)O)cc2)cc1. The lowest BCUT2D eigenvalue weighted by atomic mass is 9.43. The van der Waals surface area contributed by atoms with Crippen LogP contribution in [0.15, 0.2) is 48.5 Å². The van der Waals surface area contributed by atoms with Gasteiger partial charge in [-0.2, -0.15) is 0 Å². The number of nitrogens with two attached hydrogens (primary N) is 4. The first kappa shape index (κ1) is 49.6. The molecule has 3 saturated carbocycles. The Morgan fingerprint density at radius 3 is 2.03 bits per heavy atom. The Bertz CT molecular complexity index is 2060. The van der Waals surface area contributed by atoms with Gasteiger partial charge in [0.15, 0.2) is 12.3 Å². The van der Waals surface area contributed by atoms with Gasteiger partial charge in [0.2, 0.25) is 23.6 Å². The van der Waals surface area contributed by atoms with E-state index in [1.165, 1.54) is 12.5 Å². The largest absolute Gasteiger partial charge is 0.497 e. The van der Waals surface area contributed by atoms with Gasteiger partial charge in [-0.3, -0.25) is 33.6 Å². The molecule has 1 heterocycles. The van der Waals surface area contributed by atoms with E-state index in [9.17, 15) is 38.7 Å². The monoisotopic (exact) mass is 890 g/mol. The average molecular weight is 891 g/mol. The Morgan fingerprint density at radius 1 is 0.844 bits per heavy atom. The van der Waals surface area contributed by atoms with Gasteiger partial charge in [0.25, 0.3) is 17.7 Å². The van der Waals surface area contributed by atoms with E-state index in [-0.39, 0.29) is 23.0 Å². The zero-order chi connectivity index (χ0) is 47.3. The van der Waals surface area contributed by atoms with Crippen molar-refractivity contribution in [3.05, 3.63) is 59.7 Å². The maximum atomic E-state index is 13.3. The Labute approximate surface area is 373 Å². The molecule has 3 aliphatic carbocycles. The average Bonchev–Trinajstić information content (AvgIpc) is 3.61. The van der Waals surface area contributed by atoms with E-state index >= 15 is 0 Å². The van der Waals surface area contributed by atoms with Crippen molar-refractivity contribution < 1.29 is 48.0 Å². The van der Waals surface area contributed by atoms with Gasteiger partial charge in [0, 0.05) is 12.6 Å². The van der Waals surface area contributed by atoms with Gasteiger partial charge in [-0.25, -0.2) is 0 Å². The minimum atomic E-state index is -1.85. The van der Waals surface area contributed by atoms with Gasteiger partial charge >= 0.3 is 7.12 Å². The number of nitrogens with zero attached hydrogens (tertiary/aromatic N) is 1. The minimum Gasteiger partial charge on any atom is -0.403 e. The van der Waals surface area contributed by atoms with E-state index < -0.39 is 104 Å². The first-order valence-electron chi connectivity index (χ1n) is 21.6. The number of likely N-dealkylation sites (N-methyl/N-ethyl adjacent to an activating group) is 1. The highest BCUT2D eigenvalue weighted by atomic mass is 16.7. The summed E-state index contributed by atoms with van der Waals surface area (Å²) >= 11 is 0. The fourth-order valence-electron chi connectivity index (χ4n) is 8.98. The van der Waals surface area contributed by atoms with Crippen molar-refractivity contribution >= 4 is 48.5 Å². The van der Waals surface area contributed by atoms with E-state index in [0.717, 1.165) is 55.2 Å². The number of unbranched alkanes of at least 4 members (excludes halogenated alkanes) is 1. The van der Waals surface area contributed by atoms with Crippen LogP contribution < -0.4 is 49.5 Å². The summed E-state index contributed by atoms with van der Waals surface area (Å²) in [4.78, 5) is 91.3. The quantitative estimate of drug-likeness (QED) is 0.0534. The number of amides is 7. The highest BCUT2D eigenvalue weighted by molar-refractivity contribution is 6.47. The van der Waals surface area contributed by atoms with Crippen LogP contribution in [-0.2, 0) is 44.5 Å². The van der Waals surface area contributed by atoms with E-state index in [4.69, 9.17) is 32.2 Å². The van der Waals surface area contributed by atoms with Crippen LogP contribution in [0.3, 0.4) is 0 Å². The number of hydrogen-bond acceptors (Lipinski definition) is 13. The van der Waals surface area contributed by atoms with Crippen LogP contribution in [-0.4, -0.2) is 120 Å². The zero-order valence-corrected chi connectivity index (χ0v) is 37.2. The number of carbonyl (C=O) groups is 7. The molecule has 348 valence electrons. The summed E-state index contributed by atoms with van der Waals surface area (Å²) in [5.41, 5.74) is 26.3. The highest BCUT2D eigenvalue weighted by Crippen LogP contribution is 2.65. The van der Waals surface area contributed by atoms with Crippen LogP contribution >= 0.6 is 0 Å². The second-order valence-corrected chi connectivity index (χ2v) is 17.8. The van der Waals surface area contributed by atoms with Crippen LogP contribution in [0, 0.1) is 17.3 Å². The first-order valence-corrected chi connectivity index (χ1v) is 21.6. The standard InChI is InChI=1S/C43H63BN10O10/c1-7-8-9-23-10-12-24(13-11-23)25-14-16-26(17-15-25)36(58)51-34(46)39(61)49-21-32(57)54(6)33(22(2)55)38(60)52-35(47)40(62)50-28(20-31(45)56)37(59)53-41(48)44-63-30-19-27-18-29(42(27,3)4)43(30,5)64-44/h10-17,22,27-30,33-35,41,55H,7-9,18-21,46-48H2,1-6H3,(H2,45,56)(H,49,61)(H,50,62)(H,51,58)(H,52,60)(H,53,59)/t22?,27-,28-,29-,30?,33-,34-,35+,41+,43-/m0/s1. The third-order valence-electron chi connectivity index (χ3n) is 13.0. The Morgan fingerprint density at radius 2 is 1.45 bits per heavy atom. The van der Waals surface area contributed by atoms with Gasteiger partial charge in [-0.15, -0.1) is 0 Å². The summed E-state index contributed by atoms with van der Waals surface area (Å²) in [6, 6.07) is 10.5. The second-order valence-electron chi connectivity index (χ2n) is 17.8. The summed E-state index contributed by atoms with van der Waals surface area (Å²) in [5, 5.41) is 22.1. The molecule has 14 N–H and O–H groups in total. The molecule has 1 saturated heterocycles. The molecule has 2 aromatic rings. The van der Waals surface area contributed by atoms with Crippen molar-refractivity contribution in [1.82, 2.24) is 31.5 Å². The number of aliphatic hydroxyl groups is 1. The van der Waals surface area contributed by atoms with Gasteiger partial charge in [0.05, 0.1) is 30.8 Å². The first-order chi connectivity index (χ1) is 30.1. The lowest BCUT2D eigenvalue weighted by Crippen LogP contribution is -2.65. The topological polar surface area (TPSA) is 326 Å². The third kappa shape index (κ3) is 11.3. The predicted octanol–water partition coefficient (Wildman–Crippen LogP) is -1.54. The molecule has 2 bridgehead atoms. The molecule has 4 fully saturated rings. The fraction of sp³-hybridized carbons (Fsp3) is 0.558. The third-order valence-corrected chi connectivity index (χ3v) is 13.0. The Hall–Kier alpha value is -5.45. The van der Waals surface area contributed by atoms with Crippen molar-refractivity contribution in [3.8, 4) is 11.1 Å². The number of aryl methyl sites for hydroxylation is 1. The molecule has 10 atom stereocenters.